The van der Waals surface area contributed by atoms with E-state index in [1.54, 1.807) is 4.57 Å². The molecule has 0 aliphatic rings. The van der Waals surface area contributed by atoms with Gasteiger partial charge in [-0.25, -0.2) is 4.79 Å². The normalized spacial score (nSPS) is 10.5. The van der Waals surface area contributed by atoms with E-state index < -0.39 is 5.97 Å². The van der Waals surface area contributed by atoms with E-state index in [0.717, 1.165) is 22.6 Å². The molecular weight excluding hydrogens is 342 g/mol. The zero-order chi connectivity index (χ0) is 16.9. The van der Waals surface area contributed by atoms with E-state index in [2.05, 4.69) is 0 Å². The maximum absolute atomic E-state index is 12.5. The summed E-state index contributed by atoms with van der Waals surface area (Å²) in [5, 5.41) is 0.618. The fourth-order valence-corrected chi connectivity index (χ4v) is 4.43. The van der Waals surface area contributed by atoms with Gasteiger partial charge in [-0.1, -0.05) is 59.9 Å². The van der Waals surface area contributed by atoms with Gasteiger partial charge in [0.25, 0.3) is 0 Å². The smallest absolute Gasteiger partial charge is 0.350 e. The van der Waals surface area contributed by atoms with Gasteiger partial charge in [-0.3, -0.25) is 9.36 Å². The average molecular weight is 357 g/mol. The third-order valence-corrected chi connectivity index (χ3v) is 5.56. The summed E-state index contributed by atoms with van der Waals surface area (Å²) in [4.78, 5) is 24.7. The predicted molar refractivity (Wildman–Crippen MR) is 97.3 cm³/mol. The molecule has 0 unspecified atom stereocenters. The van der Waals surface area contributed by atoms with Gasteiger partial charge in [0.15, 0.2) is 0 Å². The van der Waals surface area contributed by atoms with E-state index >= 15 is 0 Å². The van der Waals surface area contributed by atoms with Crippen molar-refractivity contribution in [2.24, 2.45) is 0 Å². The Morgan fingerprint density at radius 2 is 1.71 bits per heavy atom. The topological polar surface area (TPSA) is 48.3 Å². The number of methoxy groups -OCH3 is 1. The fourth-order valence-electron chi connectivity index (χ4n) is 2.24. The minimum Gasteiger partial charge on any atom is -0.465 e. The van der Waals surface area contributed by atoms with Crippen LogP contribution in [0.3, 0.4) is 0 Å². The highest BCUT2D eigenvalue weighted by atomic mass is 32.2. The molecule has 3 rings (SSSR count). The van der Waals surface area contributed by atoms with Crippen molar-refractivity contribution in [1.82, 2.24) is 4.57 Å². The van der Waals surface area contributed by atoms with Gasteiger partial charge in [0, 0.05) is 5.75 Å². The van der Waals surface area contributed by atoms with Gasteiger partial charge in [0.2, 0.25) is 0 Å². The molecule has 1 heterocycles. The molecule has 0 radical (unpaired) electrons. The van der Waals surface area contributed by atoms with Crippen molar-refractivity contribution in [3.63, 3.8) is 0 Å². The van der Waals surface area contributed by atoms with Crippen LogP contribution in [0.1, 0.15) is 15.2 Å². The summed E-state index contributed by atoms with van der Waals surface area (Å²) in [5.74, 6) is 0.177. The summed E-state index contributed by atoms with van der Waals surface area (Å²) in [7, 11) is 1.32. The second kappa shape index (κ2) is 7.51. The molecule has 0 saturated carbocycles. The molecular formula is C18H15NO3S2. The van der Waals surface area contributed by atoms with Crippen molar-refractivity contribution in [3.05, 3.63) is 80.8 Å². The third-order valence-electron chi connectivity index (χ3n) is 3.37. The highest BCUT2D eigenvalue weighted by Crippen LogP contribution is 2.30. The number of hydrogen-bond donors (Lipinski definition) is 0. The summed E-state index contributed by atoms with van der Waals surface area (Å²) in [6, 6.07) is 19.2. The Kier molecular flexibility index (Phi) is 5.17. The molecule has 0 bridgehead atoms. The molecule has 4 nitrogen and oxygen atoms in total. The van der Waals surface area contributed by atoms with Crippen LogP contribution in [0.25, 0.3) is 5.69 Å². The molecule has 0 atom stereocenters. The largest absolute Gasteiger partial charge is 0.465 e. The first-order valence-corrected chi connectivity index (χ1v) is 9.07. The van der Waals surface area contributed by atoms with Gasteiger partial charge >= 0.3 is 10.8 Å². The Balaban J connectivity index is 2.04. The van der Waals surface area contributed by atoms with Gasteiger partial charge in [-0.2, -0.15) is 0 Å². The number of benzene rings is 2. The maximum atomic E-state index is 12.5. The number of hydrogen-bond acceptors (Lipinski definition) is 5. The van der Waals surface area contributed by atoms with Crippen LogP contribution in [-0.4, -0.2) is 17.6 Å². The maximum Gasteiger partial charge on any atom is 0.350 e. The quantitative estimate of drug-likeness (QED) is 0.512. The lowest BCUT2D eigenvalue weighted by Gasteiger charge is -2.09. The standard InChI is InChI=1S/C18H15NO3S2/c1-22-17(20)15-16(23-12-13-8-4-2-5-9-13)19(18(21)24-15)14-10-6-3-7-11-14/h2-11H,12H2,1H3. The Bertz CT molecular complexity index is 886. The number of thiazole rings is 1. The molecule has 1 aromatic heterocycles. The second-order valence-corrected chi connectivity index (χ2v) is 6.86. The molecule has 24 heavy (non-hydrogen) atoms. The van der Waals surface area contributed by atoms with E-state index in [4.69, 9.17) is 4.74 Å². The number of carbonyl (C=O) groups excluding carboxylic acids is 1. The van der Waals surface area contributed by atoms with Gasteiger partial charge in [-0.15, -0.1) is 11.8 Å². The third kappa shape index (κ3) is 3.44. The number of rotatable bonds is 5. The van der Waals surface area contributed by atoms with Crippen LogP contribution in [0.2, 0.25) is 0 Å². The lowest BCUT2D eigenvalue weighted by molar-refractivity contribution is 0.0601. The van der Waals surface area contributed by atoms with Gasteiger partial charge in [0.1, 0.15) is 9.90 Å². The monoisotopic (exact) mass is 357 g/mol. The van der Waals surface area contributed by atoms with Crippen LogP contribution in [0.15, 0.2) is 70.5 Å². The first kappa shape index (κ1) is 16.5. The minimum atomic E-state index is -0.484. The zero-order valence-corrected chi connectivity index (χ0v) is 14.6. The number of carbonyl (C=O) groups is 1. The van der Waals surface area contributed by atoms with Crippen molar-refractivity contribution in [3.8, 4) is 5.69 Å². The first-order valence-electron chi connectivity index (χ1n) is 7.27. The van der Waals surface area contributed by atoms with E-state index in [1.807, 2.05) is 60.7 Å². The Morgan fingerprint density at radius 1 is 1.08 bits per heavy atom. The average Bonchev–Trinajstić information content (AvgIpc) is 2.97. The molecule has 2 aromatic carbocycles. The van der Waals surface area contributed by atoms with E-state index in [0.29, 0.717) is 15.7 Å². The molecule has 0 saturated heterocycles. The van der Waals surface area contributed by atoms with Crippen LogP contribution in [0, 0.1) is 0 Å². The lowest BCUT2D eigenvalue weighted by atomic mass is 10.2. The number of thioether (sulfide) groups is 1. The number of nitrogens with zero attached hydrogens (tertiary/aromatic N) is 1. The molecule has 0 amide bonds. The van der Waals surface area contributed by atoms with Crippen molar-refractivity contribution in [1.29, 1.82) is 0 Å². The molecule has 3 aromatic rings. The number of aromatic nitrogens is 1. The first-order chi connectivity index (χ1) is 11.7. The molecule has 122 valence electrons. The van der Waals surface area contributed by atoms with Crippen molar-refractivity contribution >= 4 is 29.1 Å². The summed E-state index contributed by atoms with van der Waals surface area (Å²) >= 11 is 2.37. The summed E-state index contributed by atoms with van der Waals surface area (Å²) in [6.07, 6.45) is 0. The molecule has 0 spiro atoms. The Labute approximate surface area is 147 Å². The minimum absolute atomic E-state index is 0.197. The summed E-state index contributed by atoms with van der Waals surface area (Å²) in [6.45, 7) is 0. The molecule has 0 aliphatic carbocycles. The molecule has 6 heteroatoms. The molecule has 0 aliphatic heterocycles. The SMILES string of the molecule is COC(=O)c1sc(=O)n(-c2ccccc2)c1SCc1ccccc1. The van der Waals surface area contributed by atoms with E-state index in [-0.39, 0.29) is 4.87 Å². The van der Waals surface area contributed by atoms with E-state index in [9.17, 15) is 9.59 Å². The second-order valence-electron chi connectivity index (χ2n) is 4.94. The van der Waals surface area contributed by atoms with Crippen LogP contribution in [0.4, 0.5) is 0 Å². The van der Waals surface area contributed by atoms with Crippen LogP contribution in [-0.2, 0) is 10.5 Å². The van der Waals surface area contributed by atoms with Gasteiger partial charge in [0.05, 0.1) is 12.8 Å². The van der Waals surface area contributed by atoms with Crippen LogP contribution in [0.5, 0.6) is 0 Å². The molecule has 0 N–H and O–H groups in total. The van der Waals surface area contributed by atoms with E-state index in [1.165, 1.54) is 18.9 Å². The van der Waals surface area contributed by atoms with Crippen molar-refractivity contribution in [2.75, 3.05) is 7.11 Å². The van der Waals surface area contributed by atoms with Crippen molar-refractivity contribution in [2.45, 2.75) is 10.8 Å². The fraction of sp³-hybridized carbons (Fsp3) is 0.111. The summed E-state index contributed by atoms with van der Waals surface area (Å²) in [5.41, 5.74) is 1.86. The zero-order valence-electron chi connectivity index (χ0n) is 13.0. The number of ether oxygens (including phenoxy) is 1. The number of esters is 1. The Hall–Kier alpha value is -2.31. The lowest BCUT2D eigenvalue weighted by Crippen LogP contribution is -2.11. The Morgan fingerprint density at radius 3 is 2.33 bits per heavy atom. The summed E-state index contributed by atoms with van der Waals surface area (Å²) < 4.78 is 6.41. The predicted octanol–water partition coefficient (Wildman–Crippen LogP) is 3.98. The highest BCUT2D eigenvalue weighted by molar-refractivity contribution is 7.98. The number of para-hydroxylation sites is 1. The highest BCUT2D eigenvalue weighted by Gasteiger charge is 2.22. The van der Waals surface area contributed by atoms with Crippen molar-refractivity contribution < 1.29 is 9.53 Å². The van der Waals surface area contributed by atoms with Crippen LogP contribution < -0.4 is 4.87 Å². The molecule has 0 fully saturated rings. The van der Waals surface area contributed by atoms with Gasteiger partial charge in [-0.05, 0) is 17.7 Å². The van der Waals surface area contributed by atoms with Crippen LogP contribution >= 0.6 is 23.1 Å². The van der Waals surface area contributed by atoms with Gasteiger partial charge < -0.3 is 4.74 Å².